The highest BCUT2D eigenvalue weighted by Crippen LogP contribution is 2.46. The molecule has 0 saturated carbocycles. The maximum absolute atomic E-state index is 2.57. The Hall–Kier alpha value is -5.02. The second kappa shape index (κ2) is 11.8. The van der Waals surface area contributed by atoms with Crippen LogP contribution < -0.4 is 26.2 Å². The van der Waals surface area contributed by atoms with Gasteiger partial charge in [-0.25, -0.2) is 0 Å². The summed E-state index contributed by atoms with van der Waals surface area (Å²) in [5.74, 6) is 0. The van der Waals surface area contributed by atoms with Crippen LogP contribution in [-0.2, 0) is 16.2 Å². The van der Waals surface area contributed by atoms with Gasteiger partial charge in [-0.15, -0.1) is 0 Å². The van der Waals surface area contributed by atoms with Crippen molar-refractivity contribution in [3.63, 3.8) is 0 Å². The van der Waals surface area contributed by atoms with Crippen LogP contribution in [0.4, 0.5) is 34.1 Å². The number of hydrogen-bond donors (Lipinski definition) is 0. The normalized spacial score (nSPS) is 14.5. The molecule has 0 unspecified atom stereocenters. The molecule has 8 rings (SSSR count). The molecule has 0 radical (unpaired) electrons. The van der Waals surface area contributed by atoms with Crippen molar-refractivity contribution < 1.29 is 0 Å². The first-order chi connectivity index (χ1) is 24.2. The Bertz CT molecular complexity index is 2220. The third-order valence-electron chi connectivity index (χ3n) is 11.3. The maximum atomic E-state index is 2.57. The predicted molar refractivity (Wildman–Crippen MR) is 221 cm³/mol. The zero-order chi connectivity index (χ0) is 35.9. The number of benzene rings is 6. The minimum atomic E-state index is -0.242. The SMILES string of the molecule is Cc1ccc(N2c3cc(C(C)(C)C)ccc3B3c4ccc(N(c5ccccc5)c5ccccc5)cc4C(C)(C)c4cc(C(C)(C)C)cc2c43)cc1. The standard InChI is InChI=1S/C48H49BN2/c1-32-20-23-37(24-21-32)51-43-29-33(46(2,3)4)22-26-42(43)49-41-27-25-38(50(35-16-12-10-13-17-35)36-18-14-11-15-19-36)31-39(41)48(8,9)40-28-34(47(5,6)7)30-44(51)45(40)49/h10-31H,1-9H3. The number of anilines is 6. The second-order valence-corrected chi connectivity index (χ2v) is 17.2. The van der Waals surface area contributed by atoms with Gasteiger partial charge in [0.05, 0.1) is 0 Å². The first kappa shape index (κ1) is 33.1. The van der Waals surface area contributed by atoms with Crippen molar-refractivity contribution >= 4 is 57.2 Å². The van der Waals surface area contributed by atoms with Crippen LogP contribution in [0.1, 0.15) is 83.2 Å². The Morgan fingerprint density at radius 2 is 1.10 bits per heavy atom. The van der Waals surface area contributed by atoms with Crippen LogP contribution in [0.25, 0.3) is 0 Å². The molecule has 2 aliphatic rings. The van der Waals surface area contributed by atoms with Crippen LogP contribution in [0.5, 0.6) is 0 Å². The van der Waals surface area contributed by atoms with Crippen molar-refractivity contribution in [2.45, 2.75) is 78.6 Å². The lowest BCUT2D eigenvalue weighted by Crippen LogP contribution is -2.64. The summed E-state index contributed by atoms with van der Waals surface area (Å²) < 4.78 is 0. The van der Waals surface area contributed by atoms with Crippen LogP contribution in [0.2, 0.25) is 0 Å². The monoisotopic (exact) mass is 664 g/mol. The Labute approximate surface area is 305 Å². The molecule has 51 heavy (non-hydrogen) atoms. The number of aryl methyl sites for hydroxylation is 1. The molecule has 6 aromatic carbocycles. The van der Waals surface area contributed by atoms with Crippen LogP contribution in [0.15, 0.2) is 133 Å². The van der Waals surface area contributed by atoms with E-state index < -0.39 is 0 Å². The van der Waals surface area contributed by atoms with E-state index in [0.29, 0.717) is 0 Å². The molecule has 0 atom stereocenters. The maximum Gasteiger partial charge on any atom is 0.247 e. The zero-order valence-electron chi connectivity index (χ0n) is 31.7. The van der Waals surface area contributed by atoms with Crippen LogP contribution in [0, 0.1) is 6.92 Å². The summed E-state index contributed by atoms with van der Waals surface area (Å²) >= 11 is 0. The molecule has 0 N–H and O–H groups in total. The largest absolute Gasteiger partial charge is 0.311 e. The van der Waals surface area contributed by atoms with Gasteiger partial charge in [0.15, 0.2) is 0 Å². The highest BCUT2D eigenvalue weighted by molar-refractivity contribution is 6.99. The summed E-state index contributed by atoms with van der Waals surface area (Å²) in [6.45, 7) is 21.2. The van der Waals surface area contributed by atoms with E-state index in [9.17, 15) is 0 Å². The summed E-state index contributed by atoms with van der Waals surface area (Å²) in [6.07, 6.45) is 0. The Balaban J connectivity index is 1.43. The van der Waals surface area contributed by atoms with E-state index in [2.05, 4.69) is 206 Å². The van der Waals surface area contributed by atoms with Crippen molar-refractivity contribution in [1.82, 2.24) is 0 Å². The van der Waals surface area contributed by atoms with Crippen molar-refractivity contribution in [3.05, 3.63) is 161 Å². The molecule has 0 amide bonds. The Morgan fingerprint density at radius 3 is 1.69 bits per heavy atom. The minimum absolute atomic E-state index is 0.0202. The molecule has 2 aliphatic heterocycles. The number of para-hydroxylation sites is 2. The molecule has 0 saturated heterocycles. The van der Waals surface area contributed by atoms with Gasteiger partial charge in [0.1, 0.15) is 0 Å². The minimum Gasteiger partial charge on any atom is -0.311 e. The lowest BCUT2D eigenvalue weighted by Gasteiger charge is -2.47. The molecule has 3 heteroatoms. The van der Waals surface area contributed by atoms with Gasteiger partial charge in [0.2, 0.25) is 6.71 Å². The number of nitrogens with zero attached hydrogens (tertiary/aromatic N) is 2. The third kappa shape index (κ3) is 5.50. The fourth-order valence-electron chi connectivity index (χ4n) is 8.33. The number of hydrogen-bond acceptors (Lipinski definition) is 2. The van der Waals surface area contributed by atoms with Gasteiger partial charge in [0, 0.05) is 39.5 Å². The van der Waals surface area contributed by atoms with Crippen molar-refractivity contribution in [2.75, 3.05) is 9.80 Å². The summed E-state index contributed by atoms with van der Waals surface area (Å²) in [4.78, 5) is 4.96. The van der Waals surface area contributed by atoms with Gasteiger partial charge >= 0.3 is 0 Å². The van der Waals surface area contributed by atoms with E-state index in [0.717, 1.165) is 11.4 Å². The molecule has 0 fully saturated rings. The lowest BCUT2D eigenvalue weighted by atomic mass is 9.30. The summed E-state index contributed by atoms with van der Waals surface area (Å²) in [7, 11) is 0. The summed E-state index contributed by atoms with van der Waals surface area (Å²) in [5.41, 5.74) is 18.0. The highest BCUT2D eigenvalue weighted by Gasteiger charge is 2.47. The summed E-state index contributed by atoms with van der Waals surface area (Å²) in [5, 5.41) is 0. The Morgan fingerprint density at radius 1 is 0.529 bits per heavy atom. The smallest absolute Gasteiger partial charge is 0.247 e. The van der Waals surface area contributed by atoms with E-state index in [-0.39, 0.29) is 23.0 Å². The van der Waals surface area contributed by atoms with Crippen molar-refractivity contribution in [3.8, 4) is 0 Å². The molecule has 0 spiro atoms. The molecule has 254 valence electrons. The van der Waals surface area contributed by atoms with Crippen LogP contribution >= 0.6 is 0 Å². The van der Waals surface area contributed by atoms with E-state index in [1.54, 1.807) is 0 Å². The number of rotatable bonds is 4. The zero-order valence-corrected chi connectivity index (χ0v) is 31.7. The van der Waals surface area contributed by atoms with Gasteiger partial charge in [-0.05, 0) is 112 Å². The predicted octanol–water partition coefficient (Wildman–Crippen LogP) is 11.0. The van der Waals surface area contributed by atoms with Gasteiger partial charge in [-0.3, -0.25) is 0 Å². The van der Waals surface area contributed by atoms with Gasteiger partial charge in [-0.1, -0.05) is 139 Å². The summed E-state index contributed by atoms with van der Waals surface area (Å²) in [6, 6.07) is 50.2. The van der Waals surface area contributed by atoms with E-state index in [4.69, 9.17) is 0 Å². The highest BCUT2D eigenvalue weighted by atomic mass is 15.2. The van der Waals surface area contributed by atoms with Gasteiger partial charge in [0.25, 0.3) is 0 Å². The molecule has 0 aliphatic carbocycles. The molecule has 0 bridgehead atoms. The second-order valence-electron chi connectivity index (χ2n) is 17.2. The van der Waals surface area contributed by atoms with Gasteiger partial charge in [-0.2, -0.15) is 0 Å². The van der Waals surface area contributed by atoms with Crippen LogP contribution in [-0.4, -0.2) is 6.71 Å². The van der Waals surface area contributed by atoms with Crippen molar-refractivity contribution in [2.24, 2.45) is 0 Å². The fraction of sp³-hybridized carbons (Fsp3) is 0.250. The molecule has 2 heterocycles. The van der Waals surface area contributed by atoms with E-state index in [1.165, 1.54) is 67.0 Å². The van der Waals surface area contributed by atoms with Crippen molar-refractivity contribution in [1.29, 1.82) is 0 Å². The van der Waals surface area contributed by atoms with E-state index >= 15 is 0 Å². The van der Waals surface area contributed by atoms with E-state index in [1.807, 2.05) is 0 Å². The van der Waals surface area contributed by atoms with Gasteiger partial charge < -0.3 is 9.80 Å². The first-order valence-corrected chi connectivity index (χ1v) is 18.5. The molecular formula is C48H49BN2. The molecule has 0 aromatic heterocycles. The number of fused-ring (bicyclic) bond motifs is 4. The first-order valence-electron chi connectivity index (χ1n) is 18.5. The average molecular weight is 665 g/mol. The fourth-order valence-corrected chi connectivity index (χ4v) is 8.33. The Kier molecular flexibility index (Phi) is 7.65. The van der Waals surface area contributed by atoms with Crippen LogP contribution in [0.3, 0.4) is 0 Å². The molecule has 6 aromatic rings. The topological polar surface area (TPSA) is 6.48 Å². The molecule has 2 nitrogen and oxygen atoms in total. The quantitative estimate of drug-likeness (QED) is 0.173. The third-order valence-corrected chi connectivity index (χ3v) is 11.3. The lowest BCUT2D eigenvalue weighted by molar-refractivity contribution is 0.583. The average Bonchev–Trinajstić information content (AvgIpc) is 3.10. The molecular weight excluding hydrogens is 615 g/mol.